The highest BCUT2D eigenvalue weighted by atomic mass is 16.5. The molecule has 0 radical (unpaired) electrons. The largest absolute Gasteiger partial charge is 0.491 e. The number of ether oxygens (including phenoxy) is 1. The van der Waals surface area contributed by atoms with Gasteiger partial charge in [0.1, 0.15) is 5.75 Å². The number of aromatic nitrogens is 2. The topological polar surface area (TPSA) is 108 Å². The van der Waals surface area contributed by atoms with Crippen molar-refractivity contribution in [2.45, 2.75) is 25.7 Å². The van der Waals surface area contributed by atoms with E-state index in [9.17, 15) is 9.59 Å². The molecular formula is C21H26N6O3. The molecule has 4 rings (SSSR count). The van der Waals surface area contributed by atoms with Gasteiger partial charge in [-0.15, -0.1) is 10.2 Å². The van der Waals surface area contributed by atoms with Gasteiger partial charge in [0.2, 0.25) is 0 Å². The van der Waals surface area contributed by atoms with Crippen molar-refractivity contribution in [3.63, 3.8) is 0 Å². The van der Waals surface area contributed by atoms with E-state index >= 15 is 0 Å². The first kappa shape index (κ1) is 16.4. The van der Waals surface area contributed by atoms with Crippen molar-refractivity contribution >= 4 is 29.0 Å². The van der Waals surface area contributed by atoms with Crippen molar-refractivity contribution in [1.29, 1.82) is 0 Å². The first-order chi connectivity index (χ1) is 15.8. The third kappa shape index (κ3) is 4.29. The lowest BCUT2D eigenvalue weighted by Gasteiger charge is -2.19. The monoisotopic (exact) mass is 413 g/mol. The molecule has 1 aromatic carbocycles. The molecule has 0 unspecified atom stereocenters. The van der Waals surface area contributed by atoms with Gasteiger partial charge in [-0.2, -0.15) is 0 Å². The maximum Gasteiger partial charge on any atom is 0.273 e. The van der Waals surface area contributed by atoms with Crippen LogP contribution in [0.25, 0.3) is 0 Å². The highest BCUT2D eigenvalue weighted by molar-refractivity contribution is 5.99. The van der Waals surface area contributed by atoms with Gasteiger partial charge in [0.25, 0.3) is 11.8 Å². The minimum absolute atomic E-state index is 0.0418. The van der Waals surface area contributed by atoms with E-state index in [0.29, 0.717) is 36.0 Å². The number of amides is 2. The molecule has 2 aliphatic heterocycles. The first-order valence-corrected chi connectivity index (χ1v) is 10.1. The molecule has 1 fully saturated rings. The van der Waals surface area contributed by atoms with E-state index in [1.807, 2.05) is 10.2 Å². The van der Waals surface area contributed by atoms with E-state index < -0.39 is 12.9 Å². The number of fused-ring (bicyclic) bond motifs is 3. The summed E-state index contributed by atoms with van der Waals surface area (Å²) in [4.78, 5) is 27.2. The van der Waals surface area contributed by atoms with E-state index in [4.69, 9.17) is 8.85 Å². The third-order valence-corrected chi connectivity index (χ3v) is 5.15. The van der Waals surface area contributed by atoms with Gasteiger partial charge in [0.15, 0.2) is 11.5 Å². The molecule has 2 bridgehead atoms. The lowest BCUT2D eigenvalue weighted by atomic mass is 10.1. The molecule has 158 valence electrons. The Morgan fingerprint density at radius 1 is 1.13 bits per heavy atom. The zero-order valence-corrected chi connectivity index (χ0v) is 16.5. The van der Waals surface area contributed by atoms with Crippen LogP contribution < -0.4 is 20.7 Å². The highest BCUT2D eigenvalue weighted by Gasteiger charge is 2.22. The Kier molecular flexibility index (Phi) is 4.92. The molecule has 9 heteroatoms. The number of likely N-dealkylation sites (tertiary alicyclic amines) is 1. The number of hydrogen-bond donors (Lipinski definition) is 3. The molecule has 0 aliphatic carbocycles. The van der Waals surface area contributed by atoms with Gasteiger partial charge in [-0.05, 0) is 43.9 Å². The number of benzene rings is 1. The summed E-state index contributed by atoms with van der Waals surface area (Å²) in [6.45, 7) is -0.104. The average molecular weight is 413 g/mol. The van der Waals surface area contributed by atoms with Crippen LogP contribution in [0.1, 0.15) is 50.6 Å². The first-order valence-electron chi connectivity index (χ1n) is 11.6. The fourth-order valence-electron chi connectivity index (χ4n) is 3.55. The van der Waals surface area contributed by atoms with Crippen molar-refractivity contribution < 1.29 is 18.4 Å². The molecule has 2 aromatic rings. The van der Waals surface area contributed by atoms with Crippen LogP contribution in [-0.2, 0) is 0 Å². The van der Waals surface area contributed by atoms with Crippen LogP contribution in [0.4, 0.5) is 17.2 Å². The lowest BCUT2D eigenvalue weighted by molar-refractivity contribution is 0.0792. The number of anilines is 3. The second-order valence-corrected chi connectivity index (χ2v) is 7.26. The molecule has 30 heavy (non-hydrogen) atoms. The fourth-order valence-corrected chi connectivity index (χ4v) is 3.55. The average Bonchev–Trinajstić information content (AvgIpc) is 3.29. The standard InChI is InChI=1S/C21H26N6O3/c1-22-20(28)19-16-13-18(25-26-19)23-8-2-5-11-30-17-12-14(6-7-15(17)24-16)21(29)27-9-3-4-10-27/h6-7,12-13,24H,2-5,8-11H2,1H3,(H,22,28)(H,23,25)/i1D3. The Hall–Kier alpha value is -3.36. The molecule has 1 aromatic heterocycles. The fraction of sp³-hybridized carbons (Fsp3) is 0.429. The molecule has 0 atom stereocenters. The van der Waals surface area contributed by atoms with E-state index in [1.165, 1.54) is 0 Å². The minimum Gasteiger partial charge on any atom is -0.491 e. The van der Waals surface area contributed by atoms with Crippen molar-refractivity contribution in [3.05, 3.63) is 35.5 Å². The smallest absolute Gasteiger partial charge is 0.273 e. The Balaban J connectivity index is 1.69. The van der Waals surface area contributed by atoms with E-state index in [2.05, 4.69) is 20.8 Å². The van der Waals surface area contributed by atoms with Gasteiger partial charge >= 0.3 is 0 Å². The SMILES string of the molecule is [2H]C([2H])([2H])NC(=O)c1nnc2cc1Nc1ccc(C(=O)N3CCCC3)cc1OCCCCN2. The molecule has 0 saturated carbocycles. The number of nitrogens with one attached hydrogen (secondary N) is 3. The van der Waals surface area contributed by atoms with Gasteiger partial charge in [-0.1, -0.05) is 0 Å². The predicted octanol–water partition coefficient (Wildman–Crippen LogP) is 2.40. The Morgan fingerprint density at radius 3 is 2.83 bits per heavy atom. The molecule has 3 heterocycles. The van der Waals surface area contributed by atoms with Crippen molar-refractivity contribution in [2.75, 3.05) is 43.9 Å². The normalized spacial score (nSPS) is 18.0. The Morgan fingerprint density at radius 2 is 2.00 bits per heavy atom. The van der Waals surface area contributed by atoms with E-state index in [-0.39, 0.29) is 17.3 Å². The second kappa shape index (κ2) is 8.98. The molecular weight excluding hydrogens is 384 g/mol. The van der Waals surface area contributed by atoms with Crippen LogP contribution in [0.2, 0.25) is 0 Å². The summed E-state index contributed by atoms with van der Waals surface area (Å²) in [6, 6.07) is 6.71. The summed E-state index contributed by atoms with van der Waals surface area (Å²) in [5.74, 6) is -0.00676. The minimum atomic E-state index is -2.67. The zero-order valence-electron chi connectivity index (χ0n) is 19.5. The number of rotatable bonds is 2. The van der Waals surface area contributed by atoms with E-state index in [1.54, 1.807) is 24.3 Å². The summed E-state index contributed by atoms with van der Waals surface area (Å²) in [5, 5.41) is 16.1. The van der Waals surface area contributed by atoms with Gasteiger partial charge in [-0.25, -0.2) is 0 Å². The predicted molar refractivity (Wildman–Crippen MR) is 114 cm³/mol. The molecule has 3 N–H and O–H groups in total. The van der Waals surface area contributed by atoms with Crippen molar-refractivity contribution in [3.8, 4) is 5.75 Å². The summed E-state index contributed by atoms with van der Waals surface area (Å²) < 4.78 is 27.9. The van der Waals surface area contributed by atoms with Gasteiger partial charge in [0.05, 0.1) is 18.0 Å². The summed E-state index contributed by atoms with van der Waals surface area (Å²) in [6.07, 6.45) is 3.60. The van der Waals surface area contributed by atoms with Gasteiger partial charge < -0.3 is 25.6 Å². The summed E-state index contributed by atoms with van der Waals surface area (Å²) >= 11 is 0. The maximum absolute atomic E-state index is 12.8. The maximum atomic E-state index is 12.8. The van der Waals surface area contributed by atoms with Crippen molar-refractivity contribution in [2.24, 2.45) is 0 Å². The molecule has 2 aliphatic rings. The summed E-state index contributed by atoms with van der Waals surface area (Å²) in [7, 11) is 0. The van der Waals surface area contributed by atoms with Crippen LogP contribution in [0.5, 0.6) is 5.75 Å². The van der Waals surface area contributed by atoms with E-state index in [0.717, 1.165) is 38.8 Å². The number of nitrogens with zero attached hydrogens (tertiary/aromatic N) is 3. The summed E-state index contributed by atoms with van der Waals surface area (Å²) in [5.41, 5.74) is 1.14. The number of carbonyl (C=O) groups excluding carboxylic acids is 2. The lowest BCUT2D eigenvalue weighted by Crippen LogP contribution is -2.27. The Bertz CT molecular complexity index is 1040. The van der Waals surface area contributed by atoms with Crippen LogP contribution >= 0.6 is 0 Å². The molecule has 9 nitrogen and oxygen atoms in total. The highest BCUT2D eigenvalue weighted by Crippen LogP contribution is 2.32. The third-order valence-electron chi connectivity index (χ3n) is 5.15. The second-order valence-electron chi connectivity index (χ2n) is 7.26. The molecule has 2 amide bonds. The Labute approximate surface area is 179 Å². The van der Waals surface area contributed by atoms with Crippen LogP contribution in [0, 0.1) is 0 Å². The zero-order chi connectivity index (χ0) is 23.4. The molecule has 1 saturated heterocycles. The van der Waals surface area contributed by atoms with Crippen LogP contribution in [0.3, 0.4) is 0 Å². The van der Waals surface area contributed by atoms with Crippen molar-refractivity contribution in [1.82, 2.24) is 20.4 Å². The number of hydrogen-bond acceptors (Lipinski definition) is 7. The quantitative estimate of drug-likeness (QED) is 0.694. The molecule has 0 spiro atoms. The van der Waals surface area contributed by atoms with Crippen LogP contribution in [0.15, 0.2) is 24.3 Å². The van der Waals surface area contributed by atoms with Crippen LogP contribution in [-0.4, -0.2) is 60.1 Å². The number of carbonyl (C=O) groups is 2. The van der Waals surface area contributed by atoms with Gasteiger partial charge in [-0.3, -0.25) is 9.59 Å². The van der Waals surface area contributed by atoms with Gasteiger partial charge in [0, 0.05) is 42.4 Å².